The minimum Gasteiger partial charge on any atom is -0.497 e. The van der Waals surface area contributed by atoms with Gasteiger partial charge < -0.3 is 14.6 Å². The van der Waals surface area contributed by atoms with E-state index in [2.05, 4.69) is 4.98 Å². The molecule has 92 valence electrons. The van der Waals surface area contributed by atoms with E-state index >= 15 is 0 Å². The fraction of sp³-hybridized carbons (Fsp3) is 0.0769. The van der Waals surface area contributed by atoms with Crippen LogP contribution < -0.4 is 9.47 Å². The van der Waals surface area contributed by atoms with E-state index in [0.717, 1.165) is 0 Å². The molecule has 1 aromatic carbocycles. The number of ether oxygens (including phenoxy) is 2. The molecule has 0 bridgehead atoms. The largest absolute Gasteiger partial charge is 0.497 e. The molecule has 1 N–H and O–H groups in total. The van der Waals surface area contributed by atoms with Crippen molar-refractivity contribution in [1.82, 2.24) is 4.98 Å². The summed E-state index contributed by atoms with van der Waals surface area (Å²) in [6.45, 7) is 0. The Morgan fingerprint density at radius 2 is 2.00 bits per heavy atom. The minimum atomic E-state index is -1.02. The molecule has 0 atom stereocenters. The van der Waals surface area contributed by atoms with Crippen LogP contribution in [-0.4, -0.2) is 23.2 Å². The summed E-state index contributed by atoms with van der Waals surface area (Å²) in [6.07, 6.45) is 1.25. The highest BCUT2D eigenvalue weighted by atomic mass is 16.5. The highest BCUT2D eigenvalue weighted by Crippen LogP contribution is 2.23. The molecule has 0 aliphatic carbocycles. The molecular formula is C13H11NO4. The van der Waals surface area contributed by atoms with Crippen molar-refractivity contribution >= 4 is 5.97 Å². The van der Waals surface area contributed by atoms with E-state index in [4.69, 9.17) is 14.6 Å². The lowest BCUT2D eigenvalue weighted by Crippen LogP contribution is -1.97. The van der Waals surface area contributed by atoms with Crippen molar-refractivity contribution in [2.45, 2.75) is 0 Å². The second-order valence-corrected chi connectivity index (χ2v) is 3.47. The SMILES string of the molecule is COc1cccc(Oc2ccc(C(=O)O)cn2)c1. The van der Waals surface area contributed by atoms with Gasteiger partial charge in [-0.25, -0.2) is 9.78 Å². The van der Waals surface area contributed by atoms with E-state index in [1.54, 1.807) is 31.4 Å². The lowest BCUT2D eigenvalue weighted by molar-refractivity contribution is 0.0696. The zero-order chi connectivity index (χ0) is 13.0. The van der Waals surface area contributed by atoms with Gasteiger partial charge in [-0.2, -0.15) is 0 Å². The van der Waals surface area contributed by atoms with Gasteiger partial charge in [-0.1, -0.05) is 6.07 Å². The standard InChI is InChI=1S/C13H11NO4/c1-17-10-3-2-4-11(7-10)18-12-6-5-9(8-14-12)13(15)16/h2-8H,1H3,(H,15,16). The predicted molar refractivity (Wildman–Crippen MR) is 64.3 cm³/mol. The average Bonchev–Trinajstić information content (AvgIpc) is 2.39. The molecule has 18 heavy (non-hydrogen) atoms. The lowest BCUT2D eigenvalue weighted by Gasteiger charge is -2.06. The van der Waals surface area contributed by atoms with Crippen LogP contribution in [0.4, 0.5) is 0 Å². The molecule has 0 spiro atoms. The number of hydrogen-bond donors (Lipinski definition) is 1. The van der Waals surface area contributed by atoms with E-state index in [1.165, 1.54) is 18.3 Å². The van der Waals surface area contributed by atoms with Crippen LogP contribution >= 0.6 is 0 Å². The molecule has 1 heterocycles. The van der Waals surface area contributed by atoms with E-state index in [1.807, 2.05) is 0 Å². The van der Waals surface area contributed by atoms with Crippen LogP contribution in [0.2, 0.25) is 0 Å². The number of rotatable bonds is 4. The van der Waals surface area contributed by atoms with Crippen molar-refractivity contribution in [2.75, 3.05) is 7.11 Å². The summed E-state index contributed by atoms with van der Waals surface area (Å²) < 4.78 is 10.5. The Balaban J connectivity index is 2.15. The molecule has 0 aliphatic heterocycles. The van der Waals surface area contributed by atoms with Crippen LogP contribution in [-0.2, 0) is 0 Å². The van der Waals surface area contributed by atoms with E-state index < -0.39 is 5.97 Å². The van der Waals surface area contributed by atoms with Crippen molar-refractivity contribution in [2.24, 2.45) is 0 Å². The summed E-state index contributed by atoms with van der Waals surface area (Å²) in [6, 6.07) is 10.0. The van der Waals surface area contributed by atoms with Crippen LogP contribution in [0.1, 0.15) is 10.4 Å². The number of hydrogen-bond acceptors (Lipinski definition) is 4. The number of aromatic nitrogens is 1. The van der Waals surface area contributed by atoms with Crippen molar-refractivity contribution in [1.29, 1.82) is 0 Å². The Morgan fingerprint density at radius 1 is 1.22 bits per heavy atom. The lowest BCUT2D eigenvalue weighted by atomic mass is 10.3. The van der Waals surface area contributed by atoms with Gasteiger partial charge in [0.25, 0.3) is 0 Å². The molecule has 0 aliphatic rings. The molecule has 0 unspecified atom stereocenters. The van der Waals surface area contributed by atoms with Gasteiger partial charge in [-0.15, -0.1) is 0 Å². The van der Waals surface area contributed by atoms with Crippen LogP contribution in [0.25, 0.3) is 0 Å². The maximum atomic E-state index is 10.7. The molecular weight excluding hydrogens is 234 g/mol. The van der Waals surface area contributed by atoms with Crippen LogP contribution in [0, 0.1) is 0 Å². The highest BCUT2D eigenvalue weighted by molar-refractivity contribution is 5.87. The number of methoxy groups -OCH3 is 1. The number of carboxylic acid groups (broad SMARTS) is 1. The Morgan fingerprint density at radius 3 is 2.61 bits per heavy atom. The fourth-order valence-corrected chi connectivity index (χ4v) is 1.35. The van der Waals surface area contributed by atoms with Gasteiger partial charge in [-0.3, -0.25) is 0 Å². The van der Waals surface area contributed by atoms with Crippen molar-refractivity contribution in [3.05, 3.63) is 48.2 Å². The van der Waals surface area contributed by atoms with Crippen LogP contribution in [0.3, 0.4) is 0 Å². The predicted octanol–water partition coefficient (Wildman–Crippen LogP) is 2.58. The number of carboxylic acids is 1. The molecule has 2 rings (SSSR count). The molecule has 2 aromatic rings. The Hall–Kier alpha value is -2.56. The third-order valence-electron chi connectivity index (χ3n) is 2.25. The molecule has 0 fully saturated rings. The van der Waals surface area contributed by atoms with Crippen molar-refractivity contribution in [3.8, 4) is 17.4 Å². The molecule has 0 saturated carbocycles. The van der Waals surface area contributed by atoms with Gasteiger partial charge in [0.1, 0.15) is 11.5 Å². The van der Waals surface area contributed by atoms with Crippen LogP contribution in [0.5, 0.6) is 17.4 Å². The maximum Gasteiger partial charge on any atom is 0.337 e. The Bertz CT molecular complexity index is 551. The first-order valence-corrected chi connectivity index (χ1v) is 5.20. The normalized spacial score (nSPS) is 9.83. The first-order chi connectivity index (χ1) is 8.69. The zero-order valence-corrected chi connectivity index (χ0v) is 9.66. The summed E-state index contributed by atoms with van der Waals surface area (Å²) in [4.78, 5) is 14.6. The summed E-state index contributed by atoms with van der Waals surface area (Å²) in [5.41, 5.74) is 0.119. The summed E-state index contributed by atoms with van der Waals surface area (Å²) in [5, 5.41) is 8.74. The molecule has 0 radical (unpaired) electrons. The monoisotopic (exact) mass is 245 g/mol. The van der Waals surface area contributed by atoms with Crippen LogP contribution in [0.15, 0.2) is 42.6 Å². The fourth-order valence-electron chi connectivity index (χ4n) is 1.35. The number of nitrogens with zero attached hydrogens (tertiary/aromatic N) is 1. The quantitative estimate of drug-likeness (QED) is 0.896. The van der Waals surface area contributed by atoms with E-state index in [-0.39, 0.29) is 5.56 Å². The van der Waals surface area contributed by atoms with Gasteiger partial charge in [0.15, 0.2) is 0 Å². The number of aromatic carboxylic acids is 1. The Kier molecular flexibility index (Phi) is 3.43. The average molecular weight is 245 g/mol. The van der Waals surface area contributed by atoms with E-state index in [0.29, 0.717) is 17.4 Å². The van der Waals surface area contributed by atoms with Gasteiger partial charge in [0.2, 0.25) is 5.88 Å². The van der Waals surface area contributed by atoms with Gasteiger partial charge in [-0.05, 0) is 18.2 Å². The minimum absolute atomic E-state index is 0.119. The third-order valence-corrected chi connectivity index (χ3v) is 2.25. The zero-order valence-electron chi connectivity index (χ0n) is 9.66. The third kappa shape index (κ3) is 2.76. The van der Waals surface area contributed by atoms with Gasteiger partial charge in [0, 0.05) is 18.3 Å². The topological polar surface area (TPSA) is 68.7 Å². The number of benzene rings is 1. The second kappa shape index (κ2) is 5.18. The number of pyridine rings is 1. The molecule has 0 amide bonds. The van der Waals surface area contributed by atoms with Crippen molar-refractivity contribution in [3.63, 3.8) is 0 Å². The number of carbonyl (C=O) groups is 1. The Labute approximate surface area is 104 Å². The van der Waals surface area contributed by atoms with Gasteiger partial charge >= 0.3 is 5.97 Å². The van der Waals surface area contributed by atoms with E-state index in [9.17, 15) is 4.79 Å². The molecule has 0 saturated heterocycles. The molecule has 5 heteroatoms. The van der Waals surface area contributed by atoms with Gasteiger partial charge in [0.05, 0.1) is 12.7 Å². The maximum absolute atomic E-state index is 10.7. The molecule has 5 nitrogen and oxygen atoms in total. The highest BCUT2D eigenvalue weighted by Gasteiger charge is 2.04. The molecule has 1 aromatic heterocycles. The van der Waals surface area contributed by atoms with Crippen molar-refractivity contribution < 1.29 is 19.4 Å². The first-order valence-electron chi connectivity index (χ1n) is 5.20. The summed E-state index contributed by atoms with van der Waals surface area (Å²) in [5.74, 6) is 0.559. The smallest absolute Gasteiger partial charge is 0.337 e. The second-order valence-electron chi connectivity index (χ2n) is 3.47. The summed E-state index contributed by atoms with van der Waals surface area (Å²) in [7, 11) is 1.57. The first kappa shape index (κ1) is 11.9. The summed E-state index contributed by atoms with van der Waals surface area (Å²) >= 11 is 0.